The van der Waals surface area contributed by atoms with Crippen LogP contribution in [0.2, 0.25) is 0 Å². The molecule has 0 aliphatic carbocycles. The van der Waals surface area contributed by atoms with Crippen LogP contribution in [0.15, 0.2) is 18.2 Å². The van der Waals surface area contributed by atoms with E-state index in [1.165, 1.54) is 12.1 Å². The molecule has 3 N–H and O–H groups in total. The first kappa shape index (κ1) is 17.4. The Kier molecular flexibility index (Phi) is 6.62. The lowest BCUT2D eigenvalue weighted by Gasteiger charge is -2.20. The molecule has 0 aliphatic heterocycles. The Balaban J connectivity index is 2.70. The van der Waals surface area contributed by atoms with Crippen LogP contribution in [0.1, 0.15) is 52.1 Å². The van der Waals surface area contributed by atoms with Crippen LogP contribution >= 0.6 is 0 Å². The number of benzene rings is 1. The molecule has 5 heteroatoms. The Morgan fingerprint density at radius 3 is 2.43 bits per heavy atom. The Bertz CT molecular complexity index is 473. The van der Waals surface area contributed by atoms with E-state index in [-0.39, 0.29) is 23.7 Å². The van der Waals surface area contributed by atoms with Gasteiger partial charge < -0.3 is 15.8 Å². The molecule has 0 bridgehead atoms. The Labute approximate surface area is 125 Å². The molecule has 1 aromatic carbocycles. The second-order valence-electron chi connectivity index (χ2n) is 5.26. The van der Waals surface area contributed by atoms with Crippen molar-refractivity contribution in [2.45, 2.75) is 58.7 Å². The van der Waals surface area contributed by atoms with Gasteiger partial charge in [-0.05, 0) is 44.4 Å². The van der Waals surface area contributed by atoms with Crippen LogP contribution in [0, 0.1) is 5.82 Å². The predicted molar refractivity (Wildman–Crippen MR) is 81.6 cm³/mol. The zero-order valence-electron chi connectivity index (χ0n) is 13.2. The minimum Gasteiger partial charge on any atom is -0.478 e. The van der Waals surface area contributed by atoms with Gasteiger partial charge in [0.1, 0.15) is 0 Å². The molecule has 2 unspecified atom stereocenters. The van der Waals surface area contributed by atoms with Gasteiger partial charge in [-0.2, -0.15) is 0 Å². The van der Waals surface area contributed by atoms with Crippen LogP contribution < -0.4 is 15.8 Å². The van der Waals surface area contributed by atoms with Crippen LogP contribution in [-0.4, -0.2) is 18.1 Å². The highest BCUT2D eigenvalue weighted by Crippen LogP contribution is 2.22. The lowest BCUT2D eigenvalue weighted by Crippen LogP contribution is -2.42. The number of carbonyl (C=O) groups is 1. The van der Waals surface area contributed by atoms with Crippen molar-refractivity contribution in [1.29, 1.82) is 0 Å². The van der Waals surface area contributed by atoms with E-state index >= 15 is 0 Å². The third kappa shape index (κ3) is 5.01. The highest BCUT2D eigenvalue weighted by atomic mass is 19.1. The first-order valence-electron chi connectivity index (χ1n) is 7.41. The molecule has 0 aliphatic rings. The second-order valence-corrected chi connectivity index (χ2v) is 5.26. The summed E-state index contributed by atoms with van der Waals surface area (Å²) in [6, 6.07) is 4.42. The molecule has 4 nitrogen and oxygen atoms in total. The Hall–Kier alpha value is -1.62. The molecule has 1 amide bonds. The zero-order valence-corrected chi connectivity index (χ0v) is 13.2. The van der Waals surface area contributed by atoms with E-state index in [1.54, 1.807) is 19.9 Å². The van der Waals surface area contributed by atoms with Gasteiger partial charge in [-0.15, -0.1) is 0 Å². The maximum atomic E-state index is 13.9. The average Bonchev–Trinajstić information content (AvgIpc) is 2.46. The molecule has 0 radical (unpaired) electrons. The highest BCUT2D eigenvalue weighted by molar-refractivity contribution is 5.81. The molecule has 0 fully saturated rings. The topological polar surface area (TPSA) is 64.3 Å². The molecule has 0 saturated heterocycles. The molecule has 0 aromatic heterocycles. The number of nitrogens with two attached hydrogens (primary N) is 1. The fourth-order valence-corrected chi connectivity index (χ4v) is 1.95. The van der Waals surface area contributed by atoms with Crippen LogP contribution in [0.25, 0.3) is 0 Å². The molecular formula is C16H25FN2O2. The summed E-state index contributed by atoms with van der Waals surface area (Å²) in [5.41, 5.74) is 6.38. The van der Waals surface area contributed by atoms with E-state index in [9.17, 15) is 9.18 Å². The van der Waals surface area contributed by atoms with Gasteiger partial charge in [-0.1, -0.05) is 19.9 Å². The first-order chi connectivity index (χ1) is 9.88. The Morgan fingerprint density at radius 1 is 1.33 bits per heavy atom. The number of carbonyl (C=O) groups excluding carboxylic acids is 1. The molecule has 0 spiro atoms. The number of hydrogen-bond acceptors (Lipinski definition) is 3. The van der Waals surface area contributed by atoms with Crippen molar-refractivity contribution >= 4 is 5.91 Å². The van der Waals surface area contributed by atoms with Crippen molar-refractivity contribution in [1.82, 2.24) is 5.32 Å². The van der Waals surface area contributed by atoms with E-state index in [4.69, 9.17) is 10.5 Å². The summed E-state index contributed by atoms with van der Waals surface area (Å²) in [6.45, 7) is 7.40. The van der Waals surface area contributed by atoms with Gasteiger partial charge in [-0.3, -0.25) is 4.79 Å². The number of nitrogens with one attached hydrogen (secondary N) is 1. The van der Waals surface area contributed by atoms with Gasteiger partial charge in [0.05, 0.1) is 0 Å². The number of rotatable bonds is 7. The summed E-state index contributed by atoms with van der Waals surface area (Å²) in [6.07, 6.45) is 0.958. The molecule has 1 rings (SSSR count). The van der Waals surface area contributed by atoms with Gasteiger partial charge in [0.15, 0.2) is 17.7 Å². The SMILES string of the molecule is CCC(CC)NC(=O)C(C)Oc1ccc(C(C)N)cc1F. The maximum Gasteiger partial charge on any atom is 0.260 e. The van der Waals surface area contributed by atoms with Gasteiger partial charge in [0.2, 0.25) is 0 Å². The van der Waals surface area contributed by atoms with Crippen LogP contribution in [0.5, 0.6) is 5.75 Å². The van der Waals surface area contributed by atoms with Crippen LogP contribution in [0.4, 0.5) is 4.39 Å². The van der Waals surface area contributed by atoms with E-state index in [0.717, 1.165) is 12.8 Å². The number of halogens is 1. The number of hydrogen-bond donors (Lipinski definition) is 2. The van der Waals surface area contributed by atoms with E-state index in [2.05, 4.69) is 5.32 Å². The highest BCUT2D eigenvalue weighted by Gasteiger charge is 2.19. The molecule has 0 heterocycles. The third-order valence-electron chi connectivity index (χ3n) is 3.49. The lowest BCUT2D eigenvalue weighted by atomic mass is 10.1. The Morgan fingerprint density at radius 2 is 1.95 bits per heavy atom. The summed E-state index contributed by atoms with van der Waals surface area (Å²) in [7, 11) is 0. The summed E-state index contributed by atoms with van der Waals surface area (Å²) in [5, 5.41) is 2.88. The second kappa shape index (κ2) is 7.98. The lowest BCUT2D eigenvalue weighted by molar-refractivity contribution is -0.128. The van der Waals surface area contributed by atoms with Crippen LogP contribution in [0.3, 0.4) is 0 Å². The first-order valence-corrected chi connectivity index (χ1v) is 7.41. The van der Waals surface area contributed by atoms with Gasteiger partial charge >= 0.3 is 0 Å². The summed E-state index contributed by atoms with van der Waals surface area (Å²) < 4.78 is 19.3. The average molecular weight is 296 g/mol. The fraction of sp³-hybridized carbons (Fsp3) is 0.562. The molecule has 2 atom stereocenters. The van der Waals surface area contributed by atoms with Crippen molar-refractivity contribution in [3.63, 3.8) is 0 Å². The quantitative estimate of drug-likeness (QED) is 0.813. The van der Waals surface area contributed by atoms with E-state index in [1.807, 2.05) is 13.8 Å². The van der Waals surface area contributed by atoms with Crippen molar-refractivity contribution in [2.24, 2.45) is 5.73 Å². The standard InChI is InChI=1S/C16H25FN2O2/c1-5-13(6-2)19-16(20)11(4)21-15-8-7-12(10(3)18)9-14(15)17/h7-11,13H,5-6,18H2,1-4H3,(H,19,20). The molecule has 0 saturated carbocycles. The normalized spacial score (nSPS) is 13.9. The monoisotopic (exact) mass is 296 g/mol. The maximum absolute atomic E-state index is 13.9. The molecule has 1 aromatic rings. The van der Waals surface area contributed by atoms with E-state index in [0.29, 0.717) is 5.56 Å². The minimum atomic E-state index is -0.749. The van der Waals surface area contributed by atoms with Gasteiger partial charge in [0.25, 0.3) is 5.91 Å². The molecule has 21 heavy (non-hydrogen) atoms. The fourth-order valence-electron chi connectivity index (χ4n) is 1.95. The van der Waals surface area contributed by atoms with E-state index < -0.39 is 11.9 Å². The molecule has 118 valence electrons. The van der Waals surface area contributed by atoms with Crippen molar-refractivity contribution < 1.29 is 13.9 Å². The third-order valence-corrected chi connectivity index (χ3v) is 3.49. The van der Waals surface area contributed by atoms with Crippen molar-refractivity contribution in [3.8, 4) is 5.75 Å². The van der Waals surface area contributed by atoms with Gasteiger partial charge in [0, 0.05) is 12.1 Å². The number of amides is 1. The largest absolute Gasteiger partial charge is 0.478 e. The summed E-state index contributed by atoms with van der Waals surface area (Å²) >= 11 is 0. The van der Waals surface area contributed by atoms with Gasteiger partial charge in [-0.25, -0.2) is 4.39 Å². The van der Waals surface area contributed by atoms with Crippen molar-refractivity contribution in [3.05, 3.63) is 29.6 Å². The zero-order chi connectivity index (χ0) is 16.0. The summed E-state index contributed by atoms with van der Waals surface area (Å²) in [4.78, 5) is 12.0. The molecular weight excluding hydrogens is 271 g/mol. The van der Waals surface area contributed by atoms with Crippen LogP contribution in [-0.2, 0) is 4.79 Å². The summed E-state index contributed by atoms with van der Waals surface area (Å²) in [5.74, 6) is -0.682. The number of ether oxygens (including phenoxy) is 1. The minimum absolute atomic E-state index is 0.0617. The predicted octanol–water partition coefficient (Wildman–Crippen LogP) is 2.92. The van der Waals surface area contributed by atoms with Crippen molar-refractivity contribution in [2.75, 3.05) is 0 Å². The smallest absolute Gasteiger partial charge is 0.260 e.